The maximum Gasteiger partial charge on any atom is 0.217 e. The smallest absolute Gasteiger partial charge is 0.217 e. The molecule has 0 unspecified atom stereocenters. The van der Waals surface area contributed by atoms with Crippen LogP contribution in [-0.2, 0) is 9.53 Å². The third kappa shape index (κ3) is 3.75. The lowest BCUT2D eigenvalue weighted by Crippen LogP contribution is -2.47. The van der Waals surface area contributed by atoms with Gasteiger partial charge in [-0.2, -0.15) is 0 Å². The molecule has 1 heterocycles. The van der Waals surface area contributed by atoms with Crippen molar-refractivity contribution in [2.24, 2.45) is 5.92 Å². The highest BCUT2D eigenvalue weighted by Crippen LogP contribution is 2.43. The molecule has 2 fully saturated rings. The van der Waals surface area contributed by atoms with E-state index in [2.05, 4.69) is 17.4 Å². The predicted molar refractivity (Wildman–Crippen MR) is 100 cm³/mol. The molecule has 4 atom stereocenters. The van der Waals surface area contributed by atoms with Gasteiger partial charge in [0.15, 0.2) is 0 Å². The van der Waals surface area contributed by atoms with Crippen molar-refractivity contribution in [2.45, 2.75) is 50.9 Å². The minimum Gasteiger partial charge on any atom is -0.457 e. The summed E-state index contributed by atoms with van der Waals surface area (Å²) in [6.45, 7) is 1.60. The van der Waals surface area contributed by atoms with Crippen molar-refractivity contribution in [3.05, 3.63) is 60.2 Å². The first kappa shape index (κ1) is 17.1. The van der Waals surface area contributed by atoms with Gasteiger partial charge in [0.2, 0.25) is 5.91 Å². The van der Waals surface area contributed by atoms with Gasteiger partial charge in [0, 0.05) is 18.9 Å². The predicted octanol–water partition coefficient (Wildman–Crippen LogP) is 4.61. The van der Waals surface area contributed by atoms with Crippen LogP contribution in [0.25, 0.3) is 0 Å². The fourth-order valence-corrected chi connectivity index (χ4v) is 4.30. The zero-order valence-electron chi connectivity index (χ0n) is 15.1. The summed E-state index contributed by atoms with van der Waals surface area (Å²) in [7, 11) is 0. The summed E-state index contributed by atoms with van der Waals surface area (Å²) >= 11 is 0. The number of carbonyl (C=O) groups is 1. The highest BCUT2D eigenvalue weighted by Gasteiger charge is 2.42. The van der Waals surface area contributed by atoms with E-state index in [1.807, 2.05) is 42.5 Å². The van der Waals surface area contributed by atoms with Crippen LogP contribution in [0.15, 0.2) is 54.6 Å². The average molecular weight is 351 g/mol. The largest absolute Gasteiger partial charge is 0.457 e. The normalized spacial score (nSPS) is 27.6. The van der Waals surface area contributed by atoms with Crippen molar-refractivity contribution in [3.8, 4) is 11.5 Å². The fourth-order valence-electron chi connectivity index (χ4n) is 4.30. The molecule has 1 aliphatic carbocycles. The molecule has 26 heavy (non-hydrogen) atoms. The Morgan fingerprint density at radius 2 is 1.88 bits per heavy atom. The second-order valence-electron chi connectivity index (χ2n) is 7.29. The molecule has 1 N–H and O–H groups in total. The first-order valence-electron chi connectivity index (χ1n) is 9.44. The number of rotatable bonds is 4. The Morgan fingerprint density at radius 3 is 2.69 bits per heavy atom. The molecule has 4 nitrogen and oxygen atoms in total. The van der Waals surface area contributed by atoms with E-state index in [9.17, 15) is 4.79 Å². The van der Waals surface area contributed by atoms with Gasteiger partial charge in [-0.3, -0.25) is 4.79 Å². The van der Waals surface area contributed by atoms with Gasteiger partial charge in [-0.1, -0.05) is 36.8 Å². The third-order valence-electron chi connectivity index (χ3n) is 5.42. The molecule has 2 aromatic carbocycles. The van der Waals surface area contributed by atoms with Crippen LogP contribution in [-0.4, -0.2) is 18.1 Å². The first-order chi connectivity index (χ1) is 12.7. The standard InChI is InChI=1S/C22H25NO3/c1-15(24)23-20-14-22(26-21-12-6-11-19(20)21)16-7-5-10-18(13-16)25-17-8-3-2-4-9-17/h2-5,7-10,13,19-22H,6,11-12,14H2,1H3,(H,23,24)/t19-,20+,21+,22+/m0/s1. The summed E-state index contributed by atoms with van der Waals surface area (Å²) < 4.78 is 12.4. The summed E-state index contributed by atoms with van der Waals surface area (Å²) in [5, 5.41) is 3.16. The summed E-state index contributed by atoms with van der Waals surface area (Å²) in [6, 6.07) is 18.1. The highest BCUT2D eigenvalue weighted by molar-refractivity contribution is 5.73. The Bertz CT molecular complexity index is 761. The molecule has 1 aliphatic heterocycles. The van der Waals surface area contributed by atoms with Crippen molar-refractivity contribution in [3.63, 3.8) is 0 Å². The third-order valence-corrected chi connectivity index (χ3v) is 5.42. The quantitative estimate of drug-likeness (QED) is 0.875. The number of amides is 1. The lowest BCUT2D eigenvalue weighted by atomic mass is 9.86. The van der Waals surface area contributed by atoms with Gasteiger partial charge < -0.3 is 14.8 Å². The molecule has 0 bridgehead atoms. The van der Waals surface area contributed by atoms with E-state index in [0.717, 1.165) is 36.3 Å². The summed E-state index contributed by atoms with van der Waals surface area (Å²) in [4.78, 5) is 11.6. The molecule has 2 aromatic rings. The number of fused-ring (bicyclic) bond motifs is 1. The zero-order valence-corrected chi connectivity index (χ0v) is 15.1. The van der Waals surface area contributed by atoms with E-state index < -0.39 is 0 Å². The van der Waals surface area contributed by atoms with Crippen molar-refractivity contribution >= 4 is 5.91 Å². The molecule has 0 radical (unpaired) electrons. The molecule has 4 rings (SSSR count). The number of hydrogen-bond acceptors (Lipinski definition) is 3. The molecule has 1 amide bonds. The minimum absolute atomic E-state index is 0.00877. The van der Waals surface area contributed by atoms with Crippen LogP contribution in [0.1, 0.15) is 44.3 Å². The van der Waals surface area contributed by atoms with Crippen LogP contribution in [0.3, 0.4) is 0 Å². The summed E-state index contributed by atoms with van der Waals surface area (Å²) in [5.74, 6) is 2.12. The Morgan fingerprint density at radius 1 is 1.08 bits per heavy atom. The number of hydrogen-bond donors (Lipinski definition) is 1. The van der Waals surface area contributed by atoms with Gasteiger partial charge in [0.25, 0.3) is 0 Å². The second-order valence-corrected chi connectivity index (χ2v) is 7.29. The summed E-state index contributed by atoms with van der Waals surface area (Å²) in [6.07, 6.45) is 4.44. The topological polar surface area (TPSA) is 47.6 Å². The lowest BCUT2D eigenvalue weighted by molar-refractivity contribution is -0.124. The number of ether oxygens (including phenoxy) is 2. The molecular formula is C22H25NO3. The van der Waals surface area contributed by atoms with Crippen molar-refractivity contribution in [2.75, 3.05) is 0 Å². The maximum absolute atomic E-state index is 11.6. The molecule has 0 aromatic heterocycles. The molecular weight excluding hydrogens is 326 g/mol. The van der Waals surface area contributed by atoms with E-state index >= 15 is 0 Å². The van der Waals surface area contributed by atoms with Crippen molar-refractivity contribution in [1.29, 1.82) is 0 Å². The molecule has 136 valence electrons. The van der Waals surface area contributed by atoms with Crippen LogP contribution in [0.2, 0.25) is 0 Å². The van der Waals surface area contributed by atoms with Crippen molar-refractivity contribution < 1.29 is 14.3 Å². The Hall–Kier alpha value is -2.33. The van der Waals surface area contributed by atoms with Crippen LogP contribution in [0.5, 0.6) is 11.5 Å². The molecule has 4 heteroatoms. The number of nitrogens with one attached hydrogen (secondary N) is 1. The van der Waals surface area contributed by atoms with E-state index in [1.54, 1.807) is 6.92 Å². The Kier molecular flexibility index (Phi) is 4.93. The van der Waals surface area contributed by atoms with Gasteiger partial charge in [0.05, 0.1) is 12.2 Å². The van der Waals surface area contributed by atoms with Gasteiger partial charge in [-0.05, 0) is 49.1 Å². The first-order valence-corrected chi connectivity index (χ1v) is 9.44. The van der Waals surface area contributed by atoms with Crippen LogP contribution in [0.4, 0.5) is 0 Å². The van der Waals surface area contributed by atoms with Gasteiger partial charge in [0.1, 0.15) is 11.5 Å². The Labute approximate surface area is 154 Å². The van der Waals surface area contributed by atoms with Crippen molar-refractivity contribution in [1.82, 2.24) is 5.32 Å². The molecule has 1 saturated heterocycles. The lowest BCUT2D eigenvalue weighted by Gasteiger charge is -2.39. The van der Waals surface area contributed by atoms with Gasteiger partial charge in [-0.15, -0.1) is 0 Å². The maximum atomic E-state index is 11.6. The van der Waals surface area contributed by atoms with Gasteiger partial charge in [-0.25, -0.2) is 0 Å². The molecule has 1 saturated carbocycles. The van der Waals surface area contributed by atoms with Crippen LogP contribution < -0.4 is 10.1 Å². The van der Waals surface area contributed by atoms with Crippen LogP contribution in [0, 0.1) is 5.92 Å². The minimum atomic E-state index is -0.00877. The van der Waals surface area contributed by atoms with E-state index in [-0.39, 0.29) is 24.2 Å². The second kappa shape index (κ2) is 7.50. The fraction of sp³-hybridized carbons (Fsp3) is 0.409. The Balaban J connectivity index is 1.53. The van der Waals surface area contributed by atoms with E-state index in [4.69, 9.17) is 9.47 Å². The summed E-state index contributed by atoms with van der Waals surface area (Å²) in [5.41, 5.74) is 1.11. The number of benzene rings is 2. The van der Waals surface area contributed by atoms with E-state index in [0.29, 0.717) is 5.92 Å². The number of para-hydroxylation sites is 1. The molecule has 2 aliphatic rings. The van der Waals surface area contributed by atoms with Gasteiger partial charge >= 0.3 is 0 Å². The highest BCUT2D eigenvalue weighted by atomic mass is 16.5. The average Bonchev–Trinajstić information content (AvgIpc) is 3.11. The van der Waals surface area contributed by atoms with E-state index in [1.165, 1.54) is 6.42 Å². The number of carbonyl (C=O) groups excluding carboxylic acids is 1. The zero-order chi connectivity index (χ0) is 17.9. The SMILES string of the molecule is CC(=O)N[C@@H]1C[C@H](c2cccc(Oc3ccccc3)c2)O[C@@H]2CCC[C@@H]12. The monoisotopic (exact) mass is 351 g/mol. The van der Waals surface area contributed by atoms with Crippen LogP contribution >= 0.6 is 0 Å². The molecule has 0 spiro atoms.